The minimum atomic E-state index is -3.66. The van der Waals surface area contributed by atoms with Crippen molar-refractivity contribution in [2.45, 2.75) is 4.90 Å². The normalized spacial score (nSPS) is 14.9. The monoisotopic (exact) mass is 501 g/mol. The average molecular weight is 502 g/mol. The first-order valence-electron chi connectivity index (χ1n) is 10.3. The van der Waals surface area contributed by atoms with Crippen molar-refractivity contribution in [3.8, 4) is 0 Å². The number of sulfonamides is 1. The van der Waals surface area contributed by atoms with E-state index in [1.807, 2.05) is 36.4 Å². The van der Waals surface area contributed by atoms with Gasteiger partial charge in [-0.2, -0.15) is 4.31 Å². The lowest BCUT2D eigenvalue weighted by Crippen LogP contribution is -2.50. The molecule has 1 amide bonds. The minimum Gasteiger partial charge on any atom is -0.335 e. The first kappa shape index (κ1) is 23.4. The molecule has 0 bridgehead atoms. The quantitative estimate of drug-likeness (QED) is 0.410. The van der Waals surface area contributed by atoms with Gasteiger partial charge in [0.15, 0.2) is 0 Å². The zero-order chi connectivity index (χ0) is 22.3. The van der Waals surface area contributed by atoms with E-state index >= 15 is 0 Å². The number of carbonyl (C=O) groups is 1. The van der Waals surface area contributed by atoms with E-state index in [1.165, 1.54) is 4.31 Å². The van der Waals surface area contributed by atoms with Gasteiger partial charge in [-0.05, 0) is 47.2 Å². The Morgan fingerprint density at radius 3 is 2.27 bits per heavy atom. The zero-order valence-corrected chi connectivity index (χ0v) is 19.9. The molecule has 3 aromatic carbocycles. The summed E-state index contributed by atoms with van der Waals surface area (Å²) in [6.07, 6.45) is 0. The minimum absolute atomic E-state index is 0. The van der Waals surface area contributed by atoms with Gasteiger partial charge in [0, 0.05) is 36.6 Å². The fraction of sp³-hybridized carbons (Fsp3) is 0.167. The number of fused-ring (bicyclic) bond motifs is 2. The van der Waals surface area contributed by atoms with Crippen LogP contribution in [0.15, 0.2) is 77.7 Å². The maximum atomic E-state index is 13.2. The standard InChI is InChI=1S/C24H20ClN3O3S.ClH/c25-20-8-5-19-16-21(9-6-18(19)15-20)32(30,31)28-13-11-27(12-14-28)24(29)23-10-7-17-3-1-2-4-22(17)26-23;/h1-10,15-16H,11-14H2;1H. The summed E-state index contributed by atoms with van der Waals surface area (Å²) in [6, 6.07) is 21.6. The molecule has 0 unspecified atom stereocenters. The van der Waals surface area contributed by atoms with Crippen LogP contribution in [0, 0.1) is 0 Å². The molecule has 1 aromatic heterocycles. The number of rotatable bonds is 3. The topological polar surface area (TPSA) is 70.6 Å². The van der Waals surface area contributed by atoms with Gasteiger partial charge in [-0.1, -0.05) is 48.0 Å². The molecule has 0 atom stereocenters. The Balaban J connectivity index is 0.00000259. The highest BCUT2D eigenvalue weighted by molar-refractivity contribution is 7.89. The lowest BCUT2D eigenvalue weighted by molar-refractivity contribution is 0.0692. The van der Waals surface area contributed by atoms with Crippen LogP contribution in [0.1, 0.15) is 10.5 Å². The predicted octanol–water partition coefficient (Wildman–Crippen LogP) is 4.61. The Labute approximate surface area is 203 Å². The van der Waals surface area contributed by atoms with Crippen LogP contribution in [0.3, 0.4) is 0 Å². The van der Waals surface area contributed by atoms with Crippen LogP contribution in [0.5, 0.6) is 0 Å². The number of pyridine rings is 1. The van der Waals surface area contributed by atoms with Gasteiger partial charge >= 0.3 is 0 Å². The van der Waals surface area contributed by atoms with Gasteiger partial charge in [0.25, 0.3) is 5.91 Å². The van der Waals surface area contributed by atoms with Crippen molar-refractivity contribution in [3.05, 3.63) is 83.5 Å². The molecule has 0 aliphatic carbocycles. The fourth-order valence-electron chi connectivity index (χ4n) is 3.98. The summed E-state index contributed by atoms with van der Waals surface area (Å²) in [4.78, 5) is 19.3. The molecule has 2 heterocycles. The predicted molar refractivity (Wildman–Crippen MR) is 133 cm³/mol. The molecular formula is C24H21Cl2N3O3S. The molecule has 4 aromatic rings. The van der Waals surface area contributed by atoms with Crippen LogP contribution in [-0.4, -0.2) is 54.7 Å². The second-order valence-corrected chi connectivity index (χ2v) is 10.1. The summed E-state index contributed by atoms with van der Waals surface area (Å²) in [5, 5.41) is 3.27. The summed E-state index contributed by atoms with van der Waals surface area (Å²) in [5.41, 5.74) is 1.13. The number of halogens is 2. The van der Waals surface area contributed by atoms with E-state index in [9.17, 15) is 13.2 Å². The SMILES string of the molecule is Cl.O=C(c1ccc2ccccc2n1)N1CCN(S(=O)(=O)c2ccc3cc(Cl)ccc3c2)CC1. The van der Waals surface area contributed by atoms with Crippen LogP contribution in [-0.2, 0) is 10.0 Å². The maximum absolute atomic E-state index is 13.2. The molecule has 33 heavy (non-hydrogen) atoms. The first-order valence-corrected chi connectivity index (χ1v) is 12.1. The average Bonchev–Trinajstić information content (AvgIpc) is 2.83. The summed E-state index contributed by atoms with van der Waals surface area (Å²) >= 11 is 6.02. The molecule has 6 nitrogen and oxygen atoms in total. The van der Waals surface area contributed by atoms with Crippen molar-refractivity contribution in [2.24, 2.45) is 0 Å². The molecular weight excluding hydrogens is 481 g/mol. The molecule has 0 spiro atoms. The number of hydrogen-bond donors (Lipinski definition) is 0. The highest BCUT2D eigenvalue weighted by Gasteiger charge is 2.31. The van der Waals surface area contributed by atoms with Crippen LogP contribution in [0.4, 0.5) is 0 Å². The van der Waals surface area contributed by atoms with E-state index < -0.39 is 10.0 Å². The number of hydrogen-bond acceptors (Lipinski definition) is 4. The first-order chi connectivity index (χ1) is 15.4. The van der Waals surface area contributed by atoms with E-state index in [-0.39, 0.29) is 36.3 Å². The third-order valence-electron chi connectivity index (χ3n) is 5.75. The molecule has 0 radical (unpaired) electrons. The molecule has 1 fully saturated rings. The Hall–Kier alpha value is -2.71. The molecule has 9 heteroatoms. The van der Waals surface area contributed by atoms with Gasteiger partial charge in [0.05, 0.1) is 10.4 Å². The van der Waals surface area contributed by atoms with Crippen LogP contribution >= 0.6 is 24.0 Å². The second kappa shape index (κ2) is 9.27. The molecule has 1 aliphatic heterocycles. The number of para-hydroxylation sites is 1. The lowest BCUT2D eigenvalue weighted by atomic mass is 10.1. The Bertz CT molecular complexity index is 1450. The number of amides is 1. The van der Waals surface area contributed by atoms with Crippen molar-refractivity contribution in [3.63, 3.8) is 0 Å². The van der Waals surface area contributed by atoms with Crippen molar-refractivity contribution < 1.29 is 13.2 Å². The number of carbonyl (C=O) groups excluding carboxylic acids is 1. The third-order valence-corrected chi connectivity index (χ3v) is 7.88. The Morgan fingerprint density at radius 1 is 0.818 bits per heavy atom. The number of aromatic nitrogens is 1. The van der Waals surface area contributed by atoms with Gasteiger partial charge in [-0.25, -0.2) is 13.4 Å². The largest absolute Gasteiger partial charge is 0.335 e. The molecule has 1 aliphatic rings. The van der Waals surface area contributed by atoms with E-state index in [0.717, 1.165) is 21.7 Å². The van der Waals surface area contributed by atoms with Crippen molar-refractivity contribution in [2.75, 3.05) is 26.2 Å². The van der Waals surface area contributed by atoms with Crippen LogP contribution in [0.2, 0.25) is 5.02 Å². The van der Waals surface area contributed by atoms with Gasteiger partial charge in [0.2, 0.25) is 10.0 Å². The van der Waals surface area contributed by atoms with E-state index in [4.69, 9.17) is 11.6 Å². The van der Waals surface area contributed by atoms with Crippen molar-refractivity contribution in [1.29, 1.82) is 0 Å². The third kappa shape index (κ3) is 4.54. The maximum Gasteiger partial charge on any atom is 0.272 e. The van der Waals surface area contributed by atoms with Crippen LogP contribution in [0.25, 0.3) is 21.7 Å². The lowest BCUT2D eigenvalue weighted by Gasteiger charge is -2.33. The van der Waals surface area contributed by atoms with E-state index in [1.54, 1.807) is 41.3 Å². The number of benzene rings is 3. The molecule has 0 N–H and O–H groups in total. The van der Waals surface area contributed by atoms with Gasteiger partial charge in [-0.3, -0.25) is 4.79 Å². The number of piperazine rings is 1. The highest BCUT2D eigenvalue weighted by Crippen LogP contribution is 2.25. The molecule has 1 saturated heterocycles. The summed E-state index contributed by atoms with van der Waals surface area (Å²) < 4.78 is 27.8. The zero-order valence-electron chi connectivity index (χ0n) is 17.5. The molecule has 0 saturated carbocycles. The molecule has 5 rings (SSSR count). The van der Waals surface area contributed by atoms with E-state index in [0.29, 0.717) is 23.8 Å². The Morgan fingerprint density at radius 2 is 1.48 bits per heavy atom. The molecule has 170 valence electrons. The Kier molecular flexibility index (Phi) is 6.59. The smallest absolute Gasteiger partial charge is 0.272 e. The summed E-state index contributed by atoms with van der Waals surface area (Å²) in [5.74, 6) is -0.185. The second-order valence-electron chi connectivity index (χ2n) is 7.74. The highest BCUT2D eigenvalue weighted by atomic mass is 35.5. The van der Waals surface area contributed by atoms with Crippen LogP contribution < -0.4 is 0 Å². The van der Waals surface area contributed by atoms with Crippen molar-refractivity contribution >= 4 is 61.6 Å². The van der Waals surface area contributed by atoms with Gasteiger partial charge in [-0.15, -0.1) is 12.4 Å². The van der Waals surface area contributed by atoms with E-state index in [2.05, 4.69) is 4.98 Å². The summed E-state index contributed by atoms with van der Waals surface area (Å²) in [6.45, 7) is 1.10. The fourth-order valence-corrected chi connectivity index (χ4v) is 5.62. The number of nitrogens with zero attached hydrogens (tertiary/aromatic N) is 3. The van der Waals surface area contributed by atoms with Crippen molar-refractivity contribution in [1.82, 2.24) is 14.2 Å². The van der Waals surface area contributed by atoms with Gasteiger partial charge in [0.1, 0.15) is 5.69 Å². The van der Waals surface area contributed by atoms with Gasteiger partial charge < -0.3 is 4.90 Å². The summed E-state index contributed by atoms with van der Waals surface area (Å²) in [7, 11) is -3.66.